The molecule has 1 amide bonds. The van der Waals surface area contributed by atoms with Crippen LogP contribution < -0.4 is 0 Å². The van der Waals surface area contributed by atoms with E-state index in [0.717, 1.165) is 5.56 Å². The molecule has 3 rings (SSSR count). The van der Waals surface area contributed by atoms with Crippen LogP contribution in [-0.2, 0) is 16.0 Å². The molecule has 4 nitrogen and oxygen atoms in total. The Morgan fingerprint density at radius 3 is 2.29 bits per heavy atom. The number of esters is 1. The van der Waals surface area contributed by atoms with Gasteiger partial charge in [-0.25, -0.2) is 4.79 Å². The Hall–Kier alpha value is -2.88. The maximum absolute atomic E-state index is 13.0. The van der Waals surface area contributed by atoms with E-state index in [0.29, 0.717) is 18.5 Å². The molecule has 1 aliphatic heterocycles. The van der Waals surface area contributed by atoms with E-state index in [1.54, 1.807) is 23.1 Å². The Morgan fingerprint density at radius 1 is 1.04 bits per heavy atom. The predicted molar refractivity (Wildman–Crippen MR) is 91.5 cm³/mol. The first-order valence-corrected chi connectivity index (χ1v) is 7.84. The largest absolute Gasteiger partial charge is 0.467 e. The van der Waals surface area contributed by atoms with Crippen LogP contribution in [0.2, 0.25) is 0 Å². The lowest BCUT2D eigenvalue weighted by Crippen LogP contribution is -2.55. The van der Waals surface area contributed by atoms with E-state index in [9.17, 15) is 9.59 Å². The number of carbonyl (C=O) groups is 2. The van der Waals surface area contributed by atoms with Crippen LogP contribution in [0.15, 0.2) is 72.8 Å². The summed E-state index contributed by atoms with van der Waals surface area (Å²) in [5.41, 5.74) is 0.422. The smallest absolute Gasteiger partial charge is 0.336 e. The third-order valence-corrected chi connectivity index (χ3v) is 4.28. The van der Waals surface area contributed by atoms with Crippen molar-refractivity contribution in [2.75, 3.05) is 13.7 Å². The molecule has 2 aromatic rings. The normalized spacial score (nSPS) is 19.3. The van der Waals surface area contributed by atoms with E-state index >= 15 is 0 Å². The molecular weight excluding hydrogens is 302 g/mol. The van der Waals surface area contributed by atoms with Crippen molar-refractivity contribution in [2.24, 2.45) is 0 Å². The molecule has 0 radical (unpaired) electrons. The zero-order valence-electron chi connectivity index (χ0n) is 13.5. The van der Waals surface area contributed by atoms with Crippen molar-refractivity contribution in [3.8, 4) is 0 Å². The van der Waals surface area contributed by atoms with Gasteiger partial charge in [0, 0.05) is 18.5 Å². The lowest BCUT2D eigenvalue weighted by Gasteiger charge is -2.35. The minimum atomic E-state index is -1.11. The van der Waals surface area contributed by atoms with Crippen LogP contribution in [0.1, 0.15) is 15.9 Å². The second-order valence-electron chi connectivity index (χ2n) is 5.76. The standard InChI is InChI=1S/C20H19NO3/c1-24-19(23)20(15-16-9-4-2-5-10-16)13-8-14-21(20)18(22)17-11-6-3-7-12-17/h2-13H,14-15H2,1H3. The van der Waals surface area contributed by atoms with Crippen molar-refractivity contribution in [1.82, 2.24) is 4.90 Å². The number of ether oxygens (including phenoxy) is 1. The number of amides is 1. The zero-order valence-corrected chi connectivity index (χ0v) is 13.5. The summed E-state index contributed by atoms with van der Waals surface area (Å²) in [6.07, 6.45) is 4.02. The fourth-order valence-electron chi connectivity index (χ4n) is 3.10. The minimum absolute atomic E-state index is 0.179. The SMILES string of the molecule is COC(=O)C1(Cc2ccccc2)C=CCN1C(=O)c1ccccc1. The van der Waals surface area contributed by atoms with Crippen molar-refractivity contribution >= 4 is 11.9 Å². The molecule has 122 valence electrons. The van der Waals surface area contributed by atoms with Gasteiger partial charge in [-0.1, -0.05) is 54.6 Å². The van der Waals surface area contributed by atoms with Crippen molar-refractivity contribution in [3.05, 3.63) is 83.9 Å². The van der Waals surface area contributed by atoms with Gasteiger partial charge in [0.2, 0.25) is 0 Å². The molecule has 0 fully saturated rings. The van der Waals surface area contributed by atoms with Crippen LogP contribution in [-0.4, -0.2) is 36.0 Å². The van der Waals surface area contributed by atoms with E-state index in [1.165, 1.54) is 7.11 Å². The van der Waals surface area contributed by atoms with E-state index in [4.69, 9.17) is 4.74 Å². The van der Waals surface area contributed by atoms with Gasteiger partial charge in [-0.05, 0) is 23.8 Å². The summed E-state index contributed by atoms with van der Waals surface area (Å²) < 4.78 is 5.04. The van der Waals surface area contributed by atoms with Gasteiger partial charge in [0.25, 0.3) is 5.91 Å². The number of methoxy groups -OCH3 is 1. The van der Waals surface area contributed by atoms with E-state index in [1.807, 2.05) is 54.6 Å². The second-order valence-corrected chi connectivity index (χ2v) is 5.76. The van der Waals surface area contributed by atoms with Crippen molar-refractivity contribution in [2.45, 2.75) is 12.0 Å². The fourth-order valence-corrected chi connectivity index (χ4v) is 3.10. The molecule has 0 bridgehead atoms. The summed E-state index contributed by atoms with van der Waals surface area (Å²) in [5.74, 6) is -0.605. The Morgan fingerprint density at radius 2 is 1.67 bits per heavy atom. The first-order valence-electron chi connectivity index (χ1n) is 7.84. The molecular formula is C20H19NO3. The van der Waals surface area contributed by atoms with Crippen LogP contribution in [0, 0.1) is 0 Å². The molecule has 1 heterocycles. The third-order valence-electron chi connectivity index (χ3n) is 4.28. The summed E-state index contributed by atoms with van der Waals surface area (Å²) in [7, 11) is 1.35. The first kappa shape index (κ1) is 16.0. The summed E-state index contributed by atoms with van der Waals surface area (Å²) in [5, 5.41) is 0. The van der Waals surface area contributed by atoms with E-state index in [-0.39, 0.29) is 5.91 Å². The Balaban J connectivity index is 1.98. The van der Waals surface area contributed by atoms with E-state index in [2.05, 4.69) is 0 Å². The molecule has 0 aliphatic carbocycles. The highest BCUT2D eigenvalue weighted by atomic mass is 16.5. The summed E-state index contributed by atoms with van der Waals surface area (Å²) in [6, 6.07) is 18.6. The molecule has 0 spiro atoms. The maximum atomic E-state index is 13.0. The highest BCUT2D eigenvalue weighted by Gasteiger charge is 2.48. The number of rotatable bonds is 4. The summed E-state index contributed by atoms with van der Waals surface area (Å²) in [6.45, 7) is 0.385. The van der Waals surface area contributed by atoms with Crippen LogP contribution >= 0.6 is 0 Å². The molecule has 1 unspecified atom stereocenters. The monoisotopic (exact) mass is 321 g/mol. The molecule has 0 saturated carbocycles. The minimum Gasteiger partial charge on any atom is -0.467 e. The van der Waals surface area contributed by atoms with Gasteiger partial charge in [0.1, 0.15) is 0 Å². The van der Waals surface area contributed by atoms with E-state index < -0.39 is 11.5 Å². The number of hydrogen-bond donors (Lipinski definition) is 0. The fraction of sp³-hybridized carbons (Fsp3) is 0.200. The highest BCUT2D eigenvalue weighted by molar-refractivity contribution is 5.99. The molecule has 2 aromatic carbocycles. The number of carbonyl (C=O) groups excluding carboxylic acids is 2. The average Bonchev–Trinajstić information content (AvgIpc) is 3.06. The lowest BCUT2D eigenvalue weighted by molar-refractivity contribution is -0.149. The Labute approximate surface area is 141 Å². The molecule has 24 heavy (non-hydrogen) atoms. The van der Waals surface area contributed by atoms with Gasteiger partial charge >= 0.3 is 5.97 Å². The first-order chi connectivity index (χ1) is 11.7. The number of hydrogen-bond acceptors (Lipinski definition) is 3. The zero-order chi connectivity index (χ0) is 17.0. The molecule has 4 heteroatoms. The topological polar surface area (TPSA) is 46.6 Å². The van der Waals surface area contributed by atoms with Gasteiger partial charge in [-0.15, -0.1) is 0 Å². The van der Waals surface area contributed by atoms with Crippen molar-refractivity contribution in [3.63, 3.8) is 0 Å². The molecule has 0 N–H and O–H groups in total. The van der Waals surface area contributed by atoms with Crippen LogP contribution in [0.4, 0.5) is 0 Å². The predicted octanol–water partition coefficient (Wildman–Crippen LogP) is 2.85. The van der Waals surface area contributed by atoms with Crippen LogP contribution in [0.25, 0.3) is 0 Å². The summed E-state index contributed by atoms with van der Waals surface area (Å²) in [4.78, 5) is 27.2. The van der Waals surface area contributed by atoms with Gasteiger partial charge in [0.15, 0.2) is 5.54 Å². The summed E-state index contributed by atoms with van der Waals surface area (Å²) >= 11 is 0. The lowest BCUT2D eigenvalue weighted by atomic mass is 9.89. The van der Waals surface area contributed by atoms with Crippen molar-refractivity contribution < 1.29 is 14.3 Å². The quantitative estimate of drug-likeness (QED) is 0.642. The second kappa shape index (κ2) is 6.71. The Kier molecular flexibility index (Phi) is 4.47. The van der Waals surface area contributed by atoms with Crippen LogP contribution in [0.3, 0.4) is 0 Å². The number of benzene rings is 2. The van der Waals surface area contributed by atoms with Gasteiger partial charge in [-0.3, -0.25) is 4.79 Å². The molecule has 1 atom stereocenters. The molecule has 0 saturated heterocycles. The number of nitrogens with zero attached hydrogens (tertiary/aromatic N) is 1. The average molecular weight is 321 g/mol. The van der Waals surface area contributed by atoms with Crippen LogP contribution in [0.5, 0.6) is 0 Å². The van der Waals surface area contributed by atoms with Crippen molar-refractivity contribution in [1.29, 1.82) is 0 Å². The third kappa shape index (κ3) is 2.83. The molecule has 0 aromatic heterocycles. The van der Waals surface area contributed by atoms with Gasteiger partial charge < -0.3 is 9.64 Å². The maximum Gasteiger partial charge on any atom is 0.336 e. The van der Waals surface area contributed by atoms with Gasteiger partial charge in [-0.2, -0.15) is 0 Å². The molecule has 1 aliphatic rings. The highest BCUT2D eigenvalue weighted by Crippen LogP contribution is 2.30. The van der Waals surface area contributed by atoms with Gasteiger partial charge in [0.05, 0.1) is 7.11 Å². The Bertz CT molecular complexity index is 755.